The number of piperidine rings is 1. The molecule has 0 spiro atoms. The Morgan fingerprint density at radius 2 is 2.07 bits per heavy atom. The Kier molecular flexibility index (Phi) is 4.25. The fourth-order valence-corrected chi connectivity index (χ4v) is 4.20. The molecule has 0 aromatic heterocycles. The van der Waals surface area contributed by atoms with Crippen molar-refractivity contribution in [2.75, 3.05) is 0 Å². The van der Waals surface area contributed by atoms with E-state index in [1.807, 2.05) is 0 Å². The second kappa shape index (κ2) is 5.69. The van der Waals surface area contributed by atoms with Crippen molar-refractivity contribution in [1.29, 1.82) is 0 Å². The Labute approximate surface area is 98.8 Å². The van der Waals surface area contributed by atoms with Crippen molar-refractivity contribution < 1.29 is 0 Å². The predicted octanol–water partition coefficient (Wildman–Crippen LogP) is 1.96. The third kappa shape index (κ3) is 3.64. The zero-order valence-corrected chi connectivity index (χ0v) is 11.0. The molecule has 2 rings (SSSR count). The molecule has 82 valence electrons. The van der Waals surface area contributed by atoms with E-state index in [4.69, 9.17) is 0 Å². The van der Waals surface area contributed by atoms with Crippen molar-refractivity contribution >= 4 is 19.4 Å². The fourth-order valence-electron chi connectivity index (χ4n) is 2.08. The van der Waals surface area contributed by atoms with E-state index in [1.165, 1.54) is 29.0 Å². The third-order valence-electron chi connectivity index (χ3n) is 2.90. The molecule has 1 saturated heterocycles. The standard InChI is InChI=1S/C13H19NSe/c1-11-6-5-7-12(14-11)10-15-13-8-3-2-4-9-13/h2-4,8-9,11-12,14H,5-7,10H2,1H3/t11-,12-/m0/s1. The van der Waals surface area contributed by atoms with Gasteiger partial charge in [-0.25, -0.2) is 0 Å². The van der Waals surface area contributed by atoms with Gasteiger partial charge in [0.15, 0.2) is 0 Å². The van der Waals surface area contributed by atoms with Gasteiger partial charge in [0, 0.05) is 0 Å². The summed E-state index contributed by atoms with van der Waals surface area (Å²) in [6.45, 7) is 2.31. The van der Waals surface area contributed by atoms with Crippen LogP contribution in [0.3, 0.4) is 0 Å². The van der Waals surface area contributed by atoms with E-state index in [-0.39, 0.29) is 0 Å². The van der Waals surface area contributed by atoms with Gasteiger partial charge in [-0.05, 0) is 0 Å². The van der Waals surface area contributed by atoms with E-state index in [0.717, 1.165) is 12.1 Å². The molecule has 1 aliphatic rings. The average Bonchev–Trinajstić information content (AvgIpc) is 2.28. The molecule has 15 heavy (non-hydrogen) atoms. The van der Waals surface area contributed by atoms with Crippen LogP contribution in [-0.2, 0) is 0 Å². The second-order valence-electron chi connectivity index (χ2n) is 4.32. The van der Waals surface area contributed by atoms with Gasteiger partial charge >= 0.3 is 98.7 Å². The van der Waals surface area contributed by atoms with Gasteiger partial charge in [-0.3, -0.25) is 0 Å². The van der Waals surface area contributed by atoms with Gasteiger partial charge in [-0.2, -0.15) is 0 Å². The van der Waals surface area contributed by atoms with Crippen molar-refractivity contribution in [2.24, 2.45) is 0 Å². The van der Waals surface area contributed by atoms with Crippen LogP contribution in [-0.4, -0.2) is 27.0 Å². The summed E-state index contributed by atoms with van der Waals surface area (Å²) < 4.78 is 1.53. The topological polar surface area (TPSA) is 12.0 Å². The van der Waals surface area contributed by atoms with Crippen LogP contribution in [0.25, 0.3) is 0 Å². The number of hydrogen-bond acceptors (Lipinski definition) is 1. The Hall–Kier alpha value is -0.301. The molecule has 0 amide bonds. The Morgan fingerprint density at radius 3 is 2.80 bits per heavy atom. The number of benzene rings is 1. The fraction of sp³-hybridized carbons (Fsp3) is 0.538. The molecule has 1 aromatic carbocycles. The molecule has 0 bridgehead atoms. The van der Waals surface area contributed by atoms with Gasteiger partial charge in [-0.1, -0.05) is 0 Å². The van der Waals surface area contributed by atoms with E-state index in [9.17, 15) is 0 Å². The molecule has 1 aromatic rings. The molecular weight excluding hydrogens is 249 g/mol. The molecule has 1 fully saturated rings. The molecule has 1 aliphatic heterocycles. The molecule has 2 heteroatoms. The molecule has 0 unspecified atom stereocenters. The van der Waals surface area contributed by atoms with Gasteiger partial charge in [0.25, 0.3) is 0 Å². The van der Waals surface area contributed by atoms with Crippen LogP contribution in [0.5, 0.6) is 0 Å². The van der Waals surface area contributed by atoms with Crippen LogP contribution >= 0.6 is 0 Å². The summed E-state index contributed by atoms with van der Waals surface area (Å²) in [5, 5.41) is 5.05. The summed E-state index contributed by atoms with van der Waals surface area (Å²) in [6, 6.07) is 12.4. The average molecular weight is 268 g/mol. The first-order valence-corrected chi connectivity index (χ1v) is 7.85. The van der Waals surface area contributed by atoms with Crippen molar-refractivity contribution in [1.82, 2.24) is 5.32 Å². The van der Waals surface area contributed by atoms with Gasteiger partial charge < -0.3 is 0 Å². The van der Waals surface area contributed by atoms with Crippen LogP contribution < -0.4 is 9.78 Å². The molecular formula is C13H19NSe. The first-order chi connectivity index (χ1) is 7.34. The van der Waals surface area contributed by atoms with Crippen LogP contribution in [0, 0.1) is 0 Å². The first-order valence-electron chi connectivity index (χ1n) is 5.78. The van der Waals surface area contributed by atoms with Crippen molar-refractivity contribution in [3.63, 3.8) is 0 Å². The Bertz CT molecular complexity index is 286. The summed E-state index contributed by atoms with van der Waals surface area (Å²) >= 11 is 0.649. The quantitative estimate of drug-likeness (QED) is 0.826. The summed E-state index contributed by atoms with van der Waals surface area (Å²) in [5.74, 6) is 0. The summed E-state index contributed by atoms with van der Waals surface area (Å²) in [5.41, 5.74) is 0. The van der Waals surface area contributed by atoms with E-state index in [2.05, 4.69) is 42.6 Å². The Balaban J connectivity index is 1.78. The van der Waals surface area contributed by atoms with Gasteiger partial charge in [0.1, 0.15) is 0 Å². The maximum atomic E-state index is 3.70. The summed E-state index contributed by atoms with van der Waals surface area (Å²) in [4.78, 5) is 0. The van der Waals surface area contributed by atoms with E-state index < -0.39 is 0 Å². The molecule has 0 saturated carbocycles. The molecule has 1 heterocycles. The van der Waals surface area contributed by atoms with Crippen LogP contribution in [0.1, 0.15) is 26.2 Å². The zero-order chi connectivity index (χ0) is 10.5. The van der Waals surface area contributed by atoms with Crippen LogP contribution in [0.15, 0.2) is 30.3 Å². The van der Waals surface area contributed by atoms with Crippen molar-refractivity contribution in [3.8, 4) is 0 Å². The normalized spacial score (nSPS) is 26.5. The number of nitrogens with one attached hydrogen (secondary N) is 1. The van der Waals surface area contributed by atoms with E-state index >= 15 is 0 Å². The minimum atomic E-state index is 0.649. The second-order valence-corrected chi connectivity index (χ2v) is 6.61. The van der Waals surface area contributed by atoms with Crippen molar-refractivity contribution in [3.05, 3.63) is 30.3 Å². The SMILES string of the molecule is C[C@H]1CCC[C@@H](C[Se]c2ccccc2)N1. The molecule has 0 radical (unpaired) electrons. The van der Waals surface area contributed by atoms with Crippen molar-refractivity contribution in [2.45, 2.75) is 43.6 Å². The minimum absolute atomic E-state index is 0.649. The van der Waals surface area contributed by atoms with Crippen LogP contribution in [0.2, 0.25) is 5.32 Å². The molecule has 1 N–H and O–H groups in total. The monoisotopic (exact) mass is 269 g/mol. The van der Waals surface area contributed by atoms with Gasteiger partial charge in [0.05, 0.1) is 0 Å². The summed E-state index contributed by atoms with van der Waals surface area (Å²) in [6.07, 6.45) is 4.14. The maximum absolute atomic E-state index is 3.70. The zero-order valence-electron chi connectivity index (χ0n) is 9.28. The van der Waals surface area contributed by atoms with Crippen LogP contribution in [0.4, 0.5) is 0 Å². The first kappa shape index (κ1) is 11.2. The van der Waals surface area contributed by atoms with Gasteiger partial charge in [-0.15, -0.1) is 0 Å². The number of hydrogen-bond donors (Lipinski definition) is 1. The van der Waals surface area contributed by atoms with E-state index in [1.54, 1.807) is 0 Å². The molecule has 1 nitrogen and oxygen atoms in total. The van der Waals surface area contributed by atoms with E-state index in [0.29, 0.717) is 15.0 Å². The third-order valence-corrected chi connectivity index (χ3v) is 5.37. The number of rotatable bonds is 3. The summed E-state index contributed by atoms with van der Waals surface area (Å²) in [7, 11) is 0. The van der Waals surface area contributed by atoms with Gasteiger partial charge in [0.2, 0.25) is 0 Å². The molecule has 0 aliphatic carbocycles. The predicted molar refractivity (Wildman–Crippen MR) is 66.9 cm³/mol. The Morgan fingerprint density at radius 1 is 1.27 bits per heavy atom. The molecule has 2 atom stereocenters.